The quantitative estimate of drug-likeness (QED) is 0.465. The van der Waals surface area contributed by atoms with Crippen LogP contribution in [-0.4, -0.2) is 68.0 Å². The van der Waals surface area contributed by atoms with Crippen LogP contribution in [0.2, 0.25) is 5.02 Å². The van der Waals surface area contributed by atoms with E-state index in [1.165, 1.54) is 9.80 Å². The molecule has 0 bridgehead atoms. The van der Waals surface area contributed by atoms with Crippen molar-refractivity contribution in [2.24, 2.45) is 0 Å². The summed E-state index contributed by atoms with van der Waals surface area (Å²) in [5.41, 5.74) is 2.56. The van der Waals surface area contributed by atoms with Gasteiger partial charge in [0.25, 0.3) is 5.91 Å². The van der Waals surface area contributed by atoms with Crippen LogP contribution < -0.4 is 20.1 Å². The molecule has 37 heavy (non-hydrogen) atoms. The molecule has 9 nitrogen and oxygen atoms in total. The van der Waals surface area contributed by atoms with Crippen molar-refractivity contribution in [3.63, 3.8) is 0 Å². The second-order valence-electron chi connectivity index (χ2n) is 8.61. The first-order valence-corrected chi connectivity index (χ1v) is 12.2. The van der Waals surface area contributed by atoms with E-state index in [4.69, 9.17) is 21.1 Å². The van der Waals surface area contributed by atoms with Gasteiger partial charge in [-0.15, -0.1) is 6.58 Å². The number of ether oxygens (including phenoxy) is 2. The zero-order chi connectivity index (χ0) is 26.5. The van der Waals surface area contributed by atoms with Crippen molar-refractivity contribution in [2.45, 2.75) is 12.5 Å². The van der Waals surface area contributed by atoms with Gasteiger partial charge in [-0.3, -0.25) is 14.5 Å². The van der Waals surface area contributed by atoms with E-state index in [1.807, 2.05) is 18.2 Å². The maximum atomic E-state index is 13.5. The molecule has 1 atom stereocenters. The summed E-state index contributed by atoms with van der Waals surface area (Å²) in [6, 6.07) is 11.6. The smallest absolute Gasteiger partial charge is 0.322 e. The van der Waals surface area contributed by atoms with Crippen LogP contribution >= 0.6 is 11.6 Å². The van der Waals surface area contributed by atoms with Crippen molar-refractivity contribution in [1.82, 2.24) is 20.4 Å². The second-order valence-corrected chi connectivity index (χ2v) is 9.02. The number of methoxy groups -OCH3 is 2. The highest BCUT2D eigenvalue weighted by Gasteiger charge is 2.44. The fraction of sp³-hybridized carbons (Fsp3) is 0.296. The van der Waals surface area contributed by atoms with Crippen LogP contribution in [-0.2, 0) is 16.0 Å². The highest BCUT2D eigenvalue weighted by atomic mass is 35.5. The van der Waals surface area contributed by atoms with Crippen molar-refractivity contribution < 1.29 is 23.9 Å². The van der Waals surface area contributed by atoms with Crippen LogP contribution in [0.4, 0.5) is 4.79 Å². The molecule has 2 N–H and O–H groups in total. The molecule has 4 amide bonds. The van der Waals surface area contributed by atoms with Crippen LogP contribution in [0.1, 0.15) is 17.2 Å². The molecule has 194 valence electrons. The Morgan fingerprint density at radius 1 is 1.19 bits per heavy atom. The van der Waals surface area contributed by atoms with E-state index in [9.17, 15) is 14.4 Å². The monoisotopic (exact) mass is 524 g/mol. The van der Waals surface area contributed by atoms with Crippen molar-refractivity contribution in [2.75, 3.05) is 40.4 Å². The fourth-order valence-electron chi connectivity index (χ4n) is 4.55. The summed E-state index contributed by atoms with van der Waals surface area (Å²) in [7, 11) is 3.14. The third-order valence-electron chi connectivity index (χ3n) is 6.34. The number of benzene rings is 2. The van der Waals surface area contributed by atoms with Gasteiger partial charge in [0.1, 0.15) is 6.54 Å². The van der Waals surface area contributed by atoms with Crippen LogP contribution in [0.3, 0.4) is 0 Å². The average Bonchev–Trinajstić information content (AvgIpc) is 3.21. The number of nitrogens with zero attached hydrogens (tertiary/aromatic N) is 2. The Balaban J connectivity index is 1.44. The van der Waals surface area contributed by atoms with Gasteiger partial charge in [0.15, 0.2) is 11.5 Å². The number of hydrogen-bond donors (Lipinski definition) is 2. The lowest BCUT2D eigenvalue weighted by molar-refractivity contribution is -0.131. The lowest BCUT2D eigenvalue weighted by Gasteiger charge is -2.33. The minimum absolute atomic E-state index is 0.136. The molecule has 0 saturated carbocycles. The lowest BCUT2D eigenvalue weighted by Crippen LogP contribution is -2.47. The summed E-state index contributed by atoms with van der Waals surface area (Å²) in [5, 5.41) is 6.19. The van der Waals surface area contributed by atoms with Gasteiger partial charge in [-0.05, 0) is 35.7 Å². The minimum atomic E-state index is -0.706. The highest BCUT2D eigenvalue weighted by Crippen LogP contribution is 2.38. The first kappa shape index (κ1) is 26.1. The molecule has 2 aliphatic rings. The molecule has 2 aromatic rings. The van der Waals surface area contributed by atoms with Crippen LogP contribution in [0.25, 0.3) is 0 Å². The first-order chi connectivity index (χ1) is 17.9. The Bertz CT molecular complexity index is 1260. The van der Waals surface area contributed by atoms with Gasteiger partial charge in [-0.2, -0.15) is 0 Å². The maximum absolute atomic E-state index is 13.5. The van der Waals surface area contributed by atoms with Crippen LogP contribution in [0, 0.1) is 0 Å². The molecule has 10 heteroatoms. The molecule has 4 rings (SSSR count). The van der Waals surface area contributed by atoms with E-state index >= 15 is 0 Å². The van der Waals surface area contributed by atoms with Crippen molar-refractivity contribution >= 4 is 29.4 Å². The summed E-state index contributed by atoms with van der Waals surface area (Å²) in [6.45, 7) is 4.34. The van der Waals surface area contributed by atoms with Gasteiger partial charge in [0.05, 0.1) is 38.1 Å². The van der Waals surface area contributed by atoms with Gasteiger partial charge >= 0.3 is 6.03 Å². The molecule has 0 radical (unpaired) electrons. The number of rotatable bonds is 10. The van der Waals surface area contributed by atoms with E-state index in [0.29, 0.717) is 46.3 Å². The number of carbonyl (C=O) groups is 3. The molecule has 2 aromatic carbocycles. The Morgan fingerprint density at radius 3 is 2.65 bits per heavy atom. The Hall–Kier alpha value is -3.98. The molecular weight excluding hydrogens is 496 g/mol. The number of halogens is 1. The number of nitrogens with one attached hydrogen (secondary N) is 2. The largest absolute Gasteiger partial charge is 0.493 e. The Morgan fingerprint density at radius 2 is 1.95 bits per heavy atom. The molecule has 0 aliphatic carbocycles. The zero-order valence-corrected chi connectivity index (χ0v) is 21.5. The third kappa shape index (κ3) is 5.41. The van der Waals surface area contributed by atoms with E-state index in [1.54, 1.807) is 44.6 Å². The molecular formula is C27H29ClN4O5. The van der Waals surface area contributed by atoms with E-state index in [2.05, 4.69) is 17.2 Å². The molecule has 2 heterocycles. The standard InChI is InChI=1S/C27H29ClN4O5/c1-4-13-32-20-15-31(16-23(33)29-12-11-17-9-10-21(36-2)22(14-17)37-3)26(34)24(20)25(30-27(32)35)18-7-5-6-8-19(18)28/h4-10,14,25H,1,11-13,15-16H2,2-3H3,(H,29,33)(H,30,35)/t25-/m1/s1. The molecule has 0 unspecified atom stereocenters. The lowest BCUT2D eigenvalue weighted by atomic mass is 9.95. The molecule has 0 aromatic heterocycles. The number of urea groups is 1. The summed E-state index contributed by atoms with van der Waals surface area (Å²) in [6.07, 6.45) is 2.17. The summed E-state index contributed by atoms with van der Waals surface area (Å²) >= 11 is 6.40. The van der Waals surface area contributed by atoms with E-state index in [0.717, 1.165) is 5.56 Å². The fourth-order valence-corrected chi connectivity index (χ4v) is 4.80. The van der Waals surface area contributed by atoms with E-state index in [-0.39, 0.29) is 37.5 Å². The van der Waals surface area contributed by atoms with Crippen LogP contribution in [0.15, 0.2) is 66.4 Å². The third-order valence-corrected chi connectivity index (χ3v) is 6.69. The second kappa shape index (κ2) is 11.4. The van der Waals surface area contributed by atoms with Crippen molar-refractivity contribution in [3.05, 3.63) is 82.5 Å². The normalized spacial score (nSPS) is 16.9. The first-order valence-electron chi connectivity index (χ1n) is 11.8. The predicted molar refractivity (Wildman–Crippen MR) is 139 cm³/mol. The molecule has 0 saturated heterocycles. The van der Waals surface area contributed by atoms with Gasteiger partial charge in [-0.25, -0.2) is 4.79 Å². The van der Waals surface area contributed by atoms with Gasteiger partial charge < -0.3 is 25.0 Å². The SMILES string of the molecule is C=CCN1C(=O)N[C@H](c2ccccc2Cl)C2=C1CN(CC(=O)NCCc1ccc(OC)c(OC)c1)C2=O. The van der Waals surface area contributed by atoms with Gasteiger partial charge in [0, 0.05) is 18.1 Å². The Kier molecular flexibility index (Phi) is 8.03. The molecule has 0 fully saturated rings. The summed E-state index contributed by atoms with van der Waals surface area (Å²) < 4.78 is 10.6. The minimum Gasteiger partial charge on any atom is -0.493 e. The number of hydrogen-bond acceptors (Lipinski definition) is 5. The van der Waals surface area contributed by atoms with Gasteiger partial charge in [0.2, 0.25) is 5.91 Å². The molecule has 2 aliphatic heterocycles. The zero-order valence-electron chi connectivity index (χ0n) is 20.8. The molecule has 0 spiro atoms. The summed E-state index contributed by atoms with van der Waals surface area (Å²) in [5.74, 6) is 0.639. The van der Waals surface area contributed by atoms with Crippen molar-refractivity contribution in [3.8, 4) is 11.5 Å². The van der Waals surface area contributed by atoms with Gasteiger partial charge in [-0.1, -0.05) is 41.9 Å². The topological polar surface area (TPSA) is 100 Å². The van der Waals surface area contributed by atoms with E-state index < -0.39 is 6.04 Å². The average molecular weight is 525 g/mol. The van der Waals surface area contributed by atoms with Crippen molar-refractivity contribution in [1.29, 1.82) is 0 Å². The van der Waals surface area contributed by atoms with Crippen LogP contribution in [0.5, 0.6) is 11.5 Å². The maximum Gasteiger partial charge on any atom is 0.322 e. The number of carbonyl (C=O) groups excluding carboxylic acids is 3. The summed E-state index contributed by atoms with van der Waals surface area (Å²) in [4.78, 5) is 42.0. The highest BCUT2D eigenvalue weighted by molar-refractivity contribution is 6.31. The predicted octanol–water partition coefficient (Wildman–Crippen LogP) is 3.06. The number of amides is 4. The Labute approximate surface area is 220 Å².